The summed E-state index contributed by atoms with van der Waals surface area (Å²) in [4.78, 5) is 17.1. The Hall–Kier alpha value is -2.89. The molecule has 1 amide bonds. The number of hydrogen-bond acceptors (Lipinski definition) is 4. The molecule has 0 bridgehead atoms. The second kappa shape index (κ2) is 6.78. The van der Waals surface area contributed by atoms with Crippen LogP contribution in [0.15, 0.2) is 41.0 Å². The molecule has 3 rings (SSSR count). The number of carbonyl (C=O) groups is 1. The molecule has 3 heterocycles. The largest absolute Gasteiger partial charge is 0.463 e. The van der Waals surface area contributed by atoms with E-state index in [1.54, 1.807) is 23.1 Å². The summed E-state index contributed by atoms with van der Waals surface area (Å²) < 4.78 is 7.05. The predicted octanol–water partition coefficient (Wildman–Crippen LogP) is 4.22. The number of nitrogens with one attached hydrogen (secondary N) is 1. The molecular weight excluding hydrogens is 328 g/mol. The van der Waals surface area contributed by atoms with Gasteiger partial charge in [-0.25, -0.2) is 4.98 Å². The maximum Gasteiger partial charge on any atom is 0.258 e. The van der Waals surface area contributed by atoms with Crippen molar-refractivity contribution in [2.75, 3.05) is 5.32 Å². The van der Waals surface area contributed by atoms with Crippen molar-refractivity contribution in [1.82, 2.24) is 14.8 Å². The molecule has 26 heavy (non-hydrogen) atoms. The molecule has 0 aromatic carbocycles. The van der Waals surface area contributed by atoms with Crippen molar-refractivity contribution in [3.8, 4) is 11.5 Å². The average molecular weight is 352 g/mol. The first-order valence-electron chi connectivity index (χ1n) is 8.59. The second-order valence-corrected chi connectivity index (χ2v) is 7.64. The van der Waals surface area contributed by atoms with Crippen LogP contribution in [0.1, 0.15) is 42.5 Å². The Morgan fingerprint density at radius 1 is 1.27 bits per heavy atom. The van der Waals surface area contributed by atoms with Crippen LogP contribution in [0.3, 0.4) is 0 Å². The van der Waals surface area contributed by atoms with E-state index in [4.69, 9.17) is 4.42 Å². The highest BCUT2D eigenvalue weighted by Gasteiger charge is 2.17. The summed E-state index contributed by atoms with van der Waals surface area (Å²) in [5, 5.41) is 7.41. The third kappa shape index (κ3) is 4.02. The third-order valence-electron chi connectivity index (χ3n) is 3.99. The van der Waals surface area contributed by atoms with Crippen molar-refractivity contribution in [2.45, 2.75) is 34.1 Å². The van der Waals surface area contributed by atoms with E-state index in [1.165, 1.54) is 0 Å². The van der Waals surface area contributed by atoms with Crippen molar-refractivity contribution < 1.29 is 9.21 Å². The lowest BCUT2D eigenvalue weighted by atomic mass is 9.91. The van der Waals surface area contributed by atoms with Crippen molar-refractivity contribution in [2.24, 2.45) is 12.5 Å². The lowest BCUT2D eigenvalue weighted by molar-refractivity contribution is 0.102. The zero-order valence-electron chi connectivity index (χ0n) is 15.8. The van der Waals surface area contributed by atoms with E-state index in [0.717, 1.165) is 12.1 Å². The van der Waals surface area contributed by atoms with Gasteiger partial charge in [0.2, 0.25) is 0 Å². The predicted molar refractivity (Wildman–Crippen MR) is 101 cm³/mol. The molecule has 6 heteroatoms. The number of aromatic nitrogens is 3. The van der Waals surface area contributed by atoms with Gasteiger partial charge in [0.25, 0.3) is 5.91 Å². The molecule has 1 N–H and O–H groups in total. The summed E-state index contributed by atoms with van der Waals surface area (Å²) in [6, 6.07) is 9.12. The number of anilines is 1. The smallest absolute Gasteiger partial charge is 0.258 e. The highest BCUT2D eigenvalue weighted by Crippen LogP contribution is 2.23. The number of furan rings is 1. The van der Waals surface area contributed by atoms with Crippen molar-refractivity contribution >= 4 is 11.7 Å². The maximum absolute atomic E-state index is 12.7. The Balaban J connectivity index is 1.78. The Labute approximate surface area is 153 Å². The van der Waals surface area contributed by atoms with Crippen LogP contribution in [0.5, 0.6) is 0 Å². The maximum atomic E-state index is 12.7. The van der Waals surface area contributed by atoms with Gasteiger partial charge in [0.15, 0.2) is 5.76 Å². The number of amides is 1. The molecule has 6 nitrogen and oxygen atoms in total. The molecule has 0 fully saturated rings. The summed E-state index contributed by atoms with van der Waals surface area (Å²) in [5.74, 6) is 1.15. The zero-order chi connectivity index (χ0) is 18.9. The molecule has 0 saturated carbocycles. The fraction of sp³-hybridized carbons (Fsp3) is 0.350. The monoisotopic (exact) mass is 352 g/mol. The number of rotatable bonds is 4. The van der Waals surface area contributed by atoms with Crippen molar-refractivity contribution in [3.05, 3.63) is 53.5 Å². The highest BCUT2D eigenvalue weighted by molar-refractivity contribution is 6.04. The number of hydrogen-bond donors (Lipinski definition) is 1. The molecule has 3 aromatic heterocycles. The normalized spacial score (nSPS) is 11.6. The van der Waals surface area contributed by atoms with Crippen LogP contribution in [-0.2, 0) is 13.5 Å². The van der Waals surface area contributed by atoms with Gasteiger partial charge in [-0.05, 0) is 43.0 Å². The minimum absolute atomic E-state index is 0.137. The molecule has 0 radical (unpaired) electrons. The molecule has 0 aliphatic carbocycles. The summed E-state index contributed by atoms with van der Waals surface area (Å²) in [6.07, 6.45) is 2.44. The number of carbonyl (C=O) groups excluding carboxylic acids is 1. The fourth-order valence-electron chi connectivity index (χ4n) is 2.82. The van der Waals surface area contributed by atoms with Crippen LogP contribution in [-0.4, -0.2) is 20.7 Å². The van der Waals surface area contributed by atoms with E-state index in [2.05, 4.69) is 36.2 Å². The van der Waals surface area contributed by atoms with Gasteiger partial charge in [-0.15, -0.1) is 0 Å². The van der Waals surface area contributed by atoms with Crippen LogP contribution in [0.4, 0.5) is 5.82 Å². The van der Waals surface area contributed by atoms with Crippen LogP contribution in [0.2, 0.25) is 0 Å². The van der Waals surface area contributed by atoms with E-state index in [0.29, 0.717) is 28.5 Å². The molecule has 3 aromatic rings. The standard InChI is InChI=1S/C20H24N4O2/c1-13-15(8-9-16(21-13)17-7-6-10-26-17)19(25)22-18-11-14(23-24(18)5)12-20(2,3)4/h6-11H,12H2,1-5H3,(H,22,25). The minimum atomic E-state index is -0.202. The Bertz CT molecular complexity index is 918. The van der Waals surface area contributed by atoms with E-state index >= 15 is 0 Å². The van der Waals surface area contributed by atoms with Gasteiger partial charge in [-0.1, -0.05) is 20.8 Å². The molecule has 0 atom stereocenters. The Kier molecular flexibility index (Phi) is 4.68. The first-order valence-corrected chi connectivity index (χ1v) is 8.59. The minimum Gasteiger partial charge on any atom is -0.463 e. The highest BCUT2D eigenvalue weighted by atomic mass is 16.3. The van der Waals surface area contributed by atoms with Crippen LogP contribution >= 0.6 is 0 Å². The van der Waals surface area contributed by atoms with Gasteiger partial charge in [0, 0.05) is 13.1 Å². The topological polar surface area (TPSA) is 73.0 Å². The molecule has 0 aliphatic heterocycles. The van der Waals surface area contributed by atoms with E-state index in [-0.39, 0.29) is 11.3 Å². The molecule has 0 spiro atoms. The molecule has 136 valence electrons. The molecular formula is C20H24N4O2. The SMILES string of the molecule is Cc1nc(-c2ccco2)ccc1C(=O)Nc1cc(CC(C)(C)C)nn1C. The second-order valence-electron chi connectivity index (χ2n) is 7.64. The first-order chi connectivity index (χ1) is 12.2. The van der Waals surface area contributed by atoms with Gasteiger partial charge < -0.3 is 9.73 Å². The van der Waals surface area contributed by atoms with Gasteiger partial charge >= 0.3 is 0 Å². The van der Waals surface area contributed by atoms with E-state index in [1.807, 2.05) is 32.2 Å². The Morgan fingerprint density at radius 3 is 2.65 bits per heavy atom. The summed E-state index contributed by atoms with van der Waals surface area (Å²) >= 11 is 0. The van der Waals surface area contributed by atoms with Crippen LogP contribution < -0.4 is 5.32 Å². The molecule has 0 unspecified atom stereocenters. The summed E-state index contributed by atoms with van der Waals surface area (Å²) in [7, 11) is 1.83. The van der Waals surface area contributed by atoms with E-state index in [9.17, 15) is 4.79 Å². The lowest BCUT2D eigenvalue weighted by Gasteiger charge is -2.15. The van der Waals surface area contributed by atoms with Crippen molar-refractivity contribution in [3.63, 3.8) is 0 Å². The van der Waals surface area contributed by atoms with Gasteiger partial charge in [0.1, 0.15) is 11.5 Å². The lowest BCUT2D eigenvalue weighted by Crippen LogP contribution is -2.16. The number of aryl methyl sites for hydroxylation is 2. The number of pyridine rings is 1. The van der Waals surface area contributed by atoms with Gasteiger partial charge in [0.05, 0.1) is 23.2 Å². The zero-order valence-corrected chi connectivity index (χ0v) is 15.8. The third-order valence-corrected chi connectivity index (χ3v) is 3.99. The number of nitrogens with zero attached hydrogens (tertiary/aromatic N) is 3. The first kappa shape index (κ1) is 17.9. The molecule has 0 saturated heterocycles. The Morgan fingerprint density at radius 2 is 2.04 bits per heavy atom. The summed E-state index contributed by atoms with van der Waals surface area (Å²) in [5.41, 5.74) is 2.97. The van der Waals surface area contributed by atoms with Crippen LogP contribution in [0.25, 0.3) is 11.5 Å². The van der Waals surface area contributed by atoms with Gasteiger partial charge in [-0.3, -0.25) is 9.48 Å². The molecule has 0 aliphatic rings. The van der Waals surface area contributed by atoms with Crippen molar-refractivity contribution in [1.29, 1.82) is 0 Å². The van der Waals surface area contributed by atoms with Crippen LogP contribution in [0, 0.1) is 12.3 Å². The quantitative estimate of drug-likeness (QED) is 0.763. The van der Waals surface area contributed by atoms with E-state index < -0.39 is 0 Å². The average Bonchev–Trinajstić information content (AvgIpc) is 3.16. The summed E-state index contributed by atoms with van der Waals surface area (Å²) in [6.45, 7) is 8.30. The van der Waals surface area contributed by atoms with Gasteiger partial charge in [-0.2, -0.15) is 5.10 Å². The fourth-order valence-corrected chi connectivity index (χ4v) is 2.82.